The molecule has 2 aromatic rings. The van der Waals surface area contributed by atoms with Crippen molar-refractivity contribution in [1.82, 2.24) is 9.88 Å². The minimum Gasteiger partial charge on any atom is -0.408 e. The van der Waals surface area contributed by atoms with Crippen LogP contribution in [0.25, 0.3) is 11.1 Å². The van der Waals surface area contributed by atoms with E-state index in [0.717, 1.165) is 4.90 Å². The summed E-state index contributed by atoms with van der Waals surface area (Å²) in [6, 6.07) is 5.11. The van der Waals surface area contributed by atoms with E-state index in [0.29, 0.717) is 33.5 Å². The Bertz CT molecular complexity index is 727. The molecule has 0 spiro atoms. The van der Waals surface area contributed by atoms with Crippen molar-refractivity contribution in [2.75, 3.05) is 7.05 Å². The topological polar surface area (TPSA) is 49.2 Å². The minimum atomic E-state index is -0.430. The third-order valence-corrected chi connectivity index (χ3v) is 6.56. The van der Waals surface area contributed by atoms with Crippen LogP contribution in [0.2, 0.25) is 5.02 Å². The maximum absolute atomic E-state index is 11.3. The molecule has 112 valence electrons. The molecule has 3 heterocycles. The molecule has 0 aliphatic carbocycles. The van der Waals surface area contributed by atoms with Crippen LogP contribution in [-0.4, -0.2) is 34.3 Å². The molecule has 4 nitrogen and oxygen atoms in total. The van der Waals surface area contributed by atoms with Crippen LogP contribution in [0.1, 0.15) is 25.7 Å². The number of halogens is 1. The lowest BCUT2D eigenvalue weighted by atomic mass is 10.0. The van der Waals surface area contributed by atoms with E-state index in [4.69, 9.17) is 16.0 Å². The van der Waals surface area contributed by atoms with Gasteiger partial charge in [-0.3, -0.25) is 4.98 Å². The summed E-state index contributed by atoms with van der Waals surface area (Å²) in [7, 11) is 2.25. The molecule has 4 rings (SSSR count). The number of H-pyrrole nitrogens is 1. The fourth-order valence-corrected chi connectivity index (χ4v) is 5.32. The van der Waals surface area contributed by atoms with E-state index in [1.54, 1.807) is 6.07 Å². The van der Waals surface area contributed by atoms with Gasteiger partial charge < -0.3 is 9.32 Å². The molecule has 2 saturated heterocycles. The Hall–Kier alpha value is -0.910. The van der Waals surface area contributed by atoms with Gasteiger partial charge in [-0.2, -0.15) is 0 Å². The smallest absolute Gasteiger partial charge is 0.408 e. The summed E-state index contributed by atoms with van der Waals surface area (Å²) in [5.74, 6) is -0.430. The van der Waals surface area contributed by atoms with Crippen molar-refractivity contribution < 1.29 is 4.42 Å². The van der Waals surface area contributed by atoms with Crippen molar-refractivity contribution in [3.05, 3.63) is 27.7 Å². The molecule has 0 radical (unpaired) electrons. The van der Waals surface area contributed by atoms with Gasteiger partial charge in [-0.05, 0) is 44.9 Å². The molecule has 2 aliphatic rings. The largest absolute Gasteiger partial charge is 0.417 e. The predicted molar refractivity (Wildman–Crippen MR) is 85.3 cm³/mol. The molecule has 6 heteroatoms. The number of aromatic amines is 1. The average Bonchev–Trinajstić information content (AvgIpc) is 2.86. The van der Waals surface area contributed by atoms with E-state index in [1.807, 2.05) is 17.8 Å². The van der Waals surface area contributed by atoms with Crippen LogP contribution in [0.4, 0.5) is 0 Å². The zero-order valence-electron chi connectivity index (χ0n) is 11.8. The Labute approximate surface area is 131 Å². The third kappa shape index (κ3) is 2.41. The number of rotatable bonds is 2. The summed E-state index contributed by atoms with van der Waals surface area (Å²) in [6.07, 6.45) is 5.06. The second-order valence-electron chi connectivity index (χ2n) is 6.06. The van der Waals surface area contributed by atoms with Gasteiger partial charge in [0.1, 0.15) is 0 Å². The standard InChI is InChI=1S/C15H17ClN2O2S/c1-18-8-2-3-9(18)5-10(4-8)21-14-7-13-12(6-11(14)16)17-15(19)20-13/h6-10H,2-5H2,1H3,(H,17,19)/t8-,9+,10-. The van der Waals surface area contributed by atoms with Crippen molar-refractivity contribution in [2.24, 2.45) is 0 Å². The highest BCUT2D eigenvalue weighted by atomic mass is 35.5. The van der Waals surface area contributed by atoms with Crippen molar-refractivity contribution in [2.45, 2.75) is 47.9 Å². The monoisotopic (exact) mass is 324 g/mol. The number of piperidine rings is 1. The van der Waals surface area contributed by atoms with Gasteiger partial charge >= 0.3 is 5.76 Å². The maximum Gasteiger partial charge on any atom is 0.417 e. The highest BCUT2D eigenvalue weighted by Crippen LogP contribution is 2.43. The first-order chi connectivity index (χ1) is 10.1. The summed E-state index contributed by atoms with van der Waals surface area (Å²) in [6.45, 7) is 0. The van der Waals surface area contributed by atoms with Crippen LogP contribution in [0, 0.1) is 0 Å². The first-order valence-corrected chi connectivity index (χ1v) is 8.57. The third-order valence-electron chi connectivity index (χ3n) is 4.82. The van der Waals surface area contributed by atoms with E-state index in [2.05, 4.69) is 16.9 Å². The van der Waals surface area contributed by atoms with Gasteiger partial charge in [-0.1, -0.05) is 11.6 Å². The number of hydrogen-bond acceptors (Lipinski definition) is 4. The molecule has 1 N–H and O–H groups in total. The molecular weight excluding hydrogens is 308 g/mol. The first-order valence-electron chi connectivity index (χ1n) is 7.31. The van der Waals surface area contributed by atoms with Crippen molar-refractivity contribution in [3.63, 3.8) is 0 Å². The van der Waals surface area contributed by atoms with Crippen LogP contribution >= 0.6 is 23.4 Å². The summed E-state index contributed by atoms with van der Waals surface area (Å²) >= 11 is 8.18. The molecule has 2 aliphatic heterocycles. The summed E-state index contributed by atoms with van der Waals surface area (Å²) in [5.41, 5.74) is 1.25. The normalized spacial score (nSPS) is 29.3. The minimum absolute atomic E-state index is 0.430. The Morgan fingerprint density at radius 3 is 2.76 bits per heavy atom. The zero-order valence-corrected chi connectivity index (χ0v) is 13.3. The fraction of sp³-hybridized carbons (Fsp3) is 0.533. The van der Waals surface area contributed by atoms with E-state index in [-0.39, 0.29) is 0 Å². The lowest BCUT2D eigenvalue weighted by Gasteiger charge is -2.36. The maximum atomic E-state index is 11.3. The molecule has 3 atom stereocenters. The second-order valence-corrected chi connectivity index (χ2v) is 7.80. The van der Waals surface area contributed by atoms with Gasteiger partial charge in [0, 0.05) is 22.2 Å². The predicted octanol–water partition coefficient (Wildman–Crippen LogP) is 3.49. The van der Waals surface area contributed by atoms with Gasteiger partial charge in [0.15, 0.2) is 5.58 Å². The lowest BCUT2D eigenvalue weighted by Crippen LogP contribution is -2.40. The fourth-order valence-electron chi connectivity index (χ4n) is 3.68. The number of hydrogen-bond donors (Lipinski definition) is 1. The van der Waals surface area contributed by atoms with E-state index >= 15 is 0 Å². The number of oxazole rings is 1. The summed E-state index contributed by atoms with van der Waals surface area (Å²) in [4.78, 5) is 17.4. The number of benzene rings is 1. The van der Waals surface area contributed by atoms with Crippen LogP contribution in [0.15, 0.2) is 26.2 Å². The Balaban J connectivity index is 1.59. The van der Waals surface area contributed by atoms with Crippen molar-refractivity contribution in [1.29, 1.82) is 0 Å². The van der Waals surface area contributed by atoms with Crippen LogP contribution in [0.5, 0.6) is 0 Å². The molecule has 1 aromatic heterocycles. The van der Waals surface area contributed by atoms with Gasteiger partial charge in [-0.15, -0.1) is 11.8 Å². The highest BCUT2D eigenvalue weighted by Gasteiger charge is 2.38. The van der Waals surface area contributed by atoms with Crippen LogP contribution < -0.4 is 5.76 Å². The van der Waals surface area contributed by atoms with Gasteiger partial charge in [0.25, 0.3) is 0 Å². The quantitative estimate of drug-likeness (QED) is 0.918. The molecule has 0 amide bonds. The number of nitrogens with zero attached hydrogens (tertiary/aromatic N) is 1. The van der Waals surface area contributed by atoms with E-state index in [1.165, 1.54) is 25.7 Å². The van der Waals surface area contributed by atoms with Gasteiger partial charge in [-0.25, -0.2) is 4.79 Å². The number of thioether (sulfide) groups is 1. The van der Waals surface area contributed by atoms with Crippen molar-refractivity contribution >= 4 is 34.5 Å². The van der Waals surface area contributed by atoms with E-state index < -0.39 is 5.76 Å². The van der Waals surface area contributed by atoms with Gasteiger partial charge in [0.05, 0.1) is 10.5 Å². The Morgan fingerprint density at radius 1 is 1.33 bits per heavy atom. The molecule has 0 saturated carbocycles. The lowest BCUT2D eigenvalue weighted by molar-refractivity contribution is 0.183. The molecular formula is C15H17ClN2O2S. The number of fused-ring (bicyclic) bond motifs is 3. The Morgan fingerprint density at radius 2 is 2.05 bits per heavy atom. The molecule has 2 bridgehead atoms. The zero-order chi connectivity index (χ0) is 14.6. The highest BCUT2D eigenvalue weighted by molar-refractivity contribution is 8.00. The molecule has 21 heavy (non-hydrogen) atoms. The van der Waals surface area contributed by atoms with E-state index in [9.17, 15) is 4.79 Å². The van der Waals surface area contributed by atoms with Crippen LogP contribution in [0.3, 0.4) is 0 Å². The van der Waals surface area contributed by atoms with Gasteiger partial charge in [0.2, 0.25) is 0 Å². The van der Waals surface area contributed by atoms with Crippen LogP contribution in [-0.2, 0) is 0 Å². The number of aromatic nitrogens is 1. The SMILES string of the molecule is CN1[C@@H]2CC[C@H]1C[C@H](Sc1cc3oc(=O)[nH]c3cc1Cl)C2. The average molecular weight is 325 g/mol. The number of nitrogens with one attached hydrogen (secondary N) is 1. The summed E-state index contributed by atoms with van der Waals surface area (Å²) in [5, 5.41) is 1.29. The molecule has 1 aromatic carbocycles. The first kappa shape index (κ1) is 13.7. The second kappa shape index (κ2) is 5.07. The summed E-state index contributed by atoms with van der Waals surface area (Å²) < 4.78 is 5.13. The molecule has 0 unspecified atom stereocenters. The van der Waals surface area contributed by atoms with Crippen molar-refractivity contribution in [3.8, 4) is 0 Å². The Kier molecular flexibility index (Phi) is 3.32. The molecule has 2 fully saturated rings.